The van der Waals surface area contributed by atoms with Crippen LogP contribution in [0.5, 0.6) is 0 Å². The fourth-order valence-corrected chi connectivity index (χ4v) is 4.59. The monoisotopic (exact) mass is 458 g/mol. The number of rotatable bonds is 7. The minimum Gasteiger partial charge on any atom is -0.481 e. The van der Waals surface area contributed by atoms with Gasteiger partial charge in [-0.3, -0.25) is 10.1 Å². The minimum absolute atomic E-state index is 0.436. The average molecular weight is 459 g/mol. The van der Waals surface area contributed by atoms with Gasteiger partial charge in [-0.05, 0) is 52.7 Å². The summed E-state index contributed by atoms with van der Waals surface area (Å²) in [7, 11) is 0. The summed E-state index contributed by atoms with van der Waals surface area (Å²) < 4.78 is 4.26. The molecule has 3 aromatic carbocycles. The van der Waals surface area contributed by atoms with Gasteiger partial charge in [0.25, 0.3) is 0 Å². The van der Waals surface area contributed by atoms with E-state index in [0.717, 1.165) is 32.7 Å². The maximum atomic E-state index is 11.9. The lowest BCUT2D eigenvalue weighted by atomic mass is 9.91. The third-order valence-electron chi connectivity index (χ3n) is 5.47. The summed E-state index contributed by atoms with van der Waals surface area (Å²) in [5.74, 6) is -1.46. The Morgan fingerprint density at radius 2 is 1.45 bits per heavy atom. The highest BCUT2D eigenvalue weighted by Gasteiger charge is 2.20. The fraction of sp³-hybridized carbons (Fsp3) is 0.115. The van der Waals surface area contributed by atoms with Gasteiger partial charge in [0.15, 0.2) is 0 Å². The number of carboxylic acids is 1. The minimum atomic E-state index is -1.12. The third kappa shape index (κ3) is 5.10. The summed E-state index contributed by atoms with van der Waals surface area (Å²) in [5, 5.41) is 21.3. The Labute approximate surface area is 195 Å². The van der Waals surface area contributed by atoms with Crippen molar-refractivity contribution in [2.45, 2.75) is 19.3 Å². The molecule has 166 valence electrons. The van der Waals surface area contributed by atoms with Crippen LogP contribution in [0.4, 0.5) is 10.5 Å². The number of nitrogens with one attached hydrogen (secondary N) is 1. The van der Waals surface area contributed by atoms with Gasteiger partial charge in [0.2, 0.25) is 0 Å². The van der Waals surface area contributed by atoms with Gasteiger partial charge in [-0.1, -0.05) is 78.9 Å². The predicted octanol–water partition coefficient (Wildman–Crippen LogP) is 6.29. The maximum Gasteiger partial charge on any atom is 0.409 e. The molecule has 6 nitrogen and oxygen atoms in total. The summed E-state index contributed by atoms with van der Waals surface area (Å²) in [6.45, 7) is 1.77. The molecule has 33 heavy (non-hydrogen) atoms. The first-order chi connectivity index (χ1) is 15.9. The van der Waals surface area contributed by atoms with Crippen molar-refractivity contribution >= 4 is 29.3 Å². The second kappa shape index (κ2) is 9.67. The molecule has 0 saturated heterocycles. The van der Waals surface area contributed by atoms with E-state index >= 15 is 0 Å². The molecule has 0 aliphatic heterocycles. The lowest BCUT2D eigenvalue weighted by Crippen LogP contribution is -2.14. The number of aliphatic carboxylic acids is 1. The number of aromatic nitrogens is 1. The Kier molecular flexibility index (Phi) is 6.51. The van der Waals surface area contributed by atoms with Crippen LogP contribution < -0.4 is 5.32 Å². The first-order valence-corrected chi connectivity index (χ1v) is 11.1. The molecule has 0 aliphatic carbocycles. The van der Waals surface area contributed by atoms with Crippen LogP contribution in [0.1, 0.15) is 22.7 Å². The molecular formula is C26H22N2O4S. The van der Waals surface area contributed by atoms with Crippen molar-refractivity contribution in [3.05, 3.63) is 95.7 Å². The molecule has 4 rings (SSSR count). The number of hydrogen-bond donors (Lipinski definition) is 3. The Bertz CT molecular complexity index is 1270. The van der Waals surface area contributed by atoms with Crippen LogP contribution in [0.25, 0.3) is 21.6 Å². The average Bonchev–Trinajstić information content (AvgIpc) is 3.18. The number of anilines is 1. The molecule has 1 amide bonds. The van der Waals surface area contributed by atoms with Crippen molar-refractivity contribution in [1.29, 1.82) is 0 Å². The molecule has 0 fully saturated rings. The number of carboxylic acid groups (broad SMARTS) is 2. The standard InChI is InChI=1S/C26H22N2O4S/c1-16-23(27-26(31)32)24(33-28-16)21-13-9-19(10-14-21)18-7-11-20(12-8-18)22(25(29)30)15-17-5-3-2-4-6-17/h2-14,22,27H,15H2,1H3,(H,29,30)(H,31,32). The van der Waals surface area contributed by atoms with Crippen LogP contribution in [0, 0.1) is 6.92 Å². The van der Waals surface area contributed by atoms with E-state index in [1.165, 1.54) is 11.5 Å². The van der Waals surface area contributed by atoms with Gasteiger partial charge in [0.05, 0.1) is 22.2 Å². The zero-order valence-corrected chi connectivity index (χ0v) is 18.7. The molecule has 4 aromatic rings. The summed E-state index contributed by atoms with van der Waals surface area (Å²) in [5.41, 5.74) is 5.71. The molecule has 1 aromatic heterocycles. The molecule has 0 spiro atoms. The number of carbonyl (C=O) groups is 2. The van der Waals surface area contributed by atoms with Crippen molar-refractivity contribution in [2.24, 2.45) is 0 Å². The van der Waals surface area contributed by atoms with Crippen molar-refractivity contribution in [2.75, 3.05) is 5.32 Å². The zero-order valence-electron chi connectivity index (χ0n) is 17.9. The van der Waals surface area contributed by atoms with E-state index < -0.39 is 18.0 Å². The molecule has 1 unspecified atom stereocenters. The second-order valence-electron chi connectivity index (χ2n) is 7.68. The van der Waals surface area contributed by atoms with Crippen molar-refractivity contribution in [3.63, 3.8) is 0 Å². The topological polar surface area (TPSA) is 99.5 Å². The van der Waals surface area contributed by atoms with E-state index in [-0.39, 0.29) is 0 Å². The predicted molar refractivity (Wildman–Crippen MR) is 130 cm³/mol. The summed E-state index contributed by atoms with van der Waals surface area (Å²) >= 11 is 1.25. The molecule has 0 aliphatic rings. The van der Waals surface area contributed by atoms with Crippen LogP contribution in [-0.2, 0) is 11.2 Å². The van der Waals surface area contributed by atoms with Crippen LogP contribution in [-0.4, -0.2) is 26.6 Å². The molecular weight excluding hydrogens is 436 g/mol. The van der Waals surface area contributed by atoms with Crippen LogP contribution in [0.3, 0.4) is 0 Å². The van der Waals surface area contributed by atoms with Gasteiger partial charge < -0.3 is 10.2 Å². The van der Waals surface area contributed by atoms with Crippen molar-refractivity contribution in [3.8, 4) is 21.6 Å². The van der Waals surface area contributed by atoms with E-state index in [0.29, 0.717) is 17.8 Å². The summed E-state index contributed by atoms with van der Waals surface area (Å²) in [6.07, 6.45) is -0.686. The van der Waals surface area contributed by atoms with Crippen LogP contribution in [0.15, 0.2) is 78.9 Å². The highest BCUT2D eigenvalue weighted by Crippen LogP contribution is 2.36. The quantitative estimate of drug-likeness (QED) is 0.302. The normalized spacial score (nSPS) is 11.7. The maximum absolute atomic E-state index is 11.9. The first kappa shape index (κ1) is 22.2. The molecule has 0 saturated carbocycles. The van der Waals surface area contributed by atoms with Gasteiger partial charge in [0, 0.05) is 0 Å². The number of amides is 1. The van der Waals surface area contributed by atoms with Gasteiger partial charge in [-0.25, -0.2) is 4.79 Å². The summed E-state index contributed by atoms with van der Waals surface area (Å²) in [4.78, 5) is 23.7. The highest BCUT2D eigenvalue weighted by molar-refractivity contribution is 7.10. The first-order valence-electron chi connectivity index (χ1n) is 10.4. The SMILES string of the molecule is Cc1nsc(-c2ccc(-c3ccc(C(Cc4ccccc4)C(=O)O)cc3)cc2)c1NC(=O)O. The Morgan fingerprint density at radius 1 is 0.879 bits per heavy atom. The lowest BCUT2D eigenvalue weighted by molar-refractivity contribution is -0.138. The smallest absolute Gasteiger partial charge is 0.409 e. The lowest BCUT2D eigenvalue weighted by Gasteiger charge is -2.14. The Balaban J connectivity index is 1.55. The van der Waals surface area contributed by atoms with E-state index in [9.17, 15) is 14.7 Å². The molecule has 0 bridgehead atoms. The fourth-order valence-electron chi connectivity index (χ4n) is 3.74. The number of benzene rings is 3. The number of nitrogens with zero attached hydrogens (tertiary/aromatic N) is 1. The third-order valence-corrected chi connectivity index (χ3v) is 6.46. The van der Waals surface area contributed by atoms with Crippen molar-refractivity contribution < 1.29 is 19.8 Å². The van der Waals surface area contributed by atoms with Gasteiger partial charge in [0.1, 0.15) is 0 Å². The zero-order chi connectivity index (χ0) is 23.4. The molecule has 7 heteroatoms. The van der Waals surface area contributed by atoms with E-state index in [1.54, 1.807) is 6.92 Å². The molecule has 1 heterocycles. The number of hydrogen-bond acceptors (Lipinski definition) is 4. The van der Waals surface area contributed by atoms with Crippen LogP contribution >= 0.6 is 11.5 Å². The largest absolute Gasteiger partial charge is 0.481 e. The highest BCUT2D eigenvalue weighted by atomic mass is 32.1. The Morgan fingerprint density at radius 3 is 2.03 bits per heavy atom. The molecule has 1 atom stereocenters. The molecule has 3 N–H and O–H groups in total. The second-order valence-corrected chi connectivity index (χ2v) is 8.46. The van der Waals surface area contributed by atoms with Gasteiger partial charge >= 0.3 is 12.1 Å². The summed E-state index contributed by atoms with van der Waals surface area (Å²) in [6, 6.07) is 25.0. The van der Waals surface area contributed by atoms with E-state index in [1.807, 2.05) is 78.9 Å². The van der Waals surface area contributed by atoms with Crippen molar-refractivity contribution in [1.82, 2.24) is 4.37 Å². The number of aryl methyl sites for hydroxylation is 1. The van der Waals surface area contributed by atoms with E-state index in [4.69, 9.17) is 5.11 Å². The van der Waals surface area contributed by atoms with Gasteiger partial charge in [-0.15, -0.1) is 0 Å². The van der Waals surface area contributed by atoms with Crippen LogP contribution in [0.2, 0.25) is 0 Å². The van der Waals surface area contributed by atoms with Gasteiger partial charge in [-0.2, -0.15) is 4.37 Å². The van der Waals surface area contributed by atoms with E-state index in [2.05, 4.69) is 9.69 Å². The Hall–Kier alpha value is -3.97. The molecule has 0 radical (unpaired) electrons.